The first-order valence-corrected chi connectivity index (χ1v) is 9.03. The van der Waals surface area contributed by atoms with Crippen molar-refractivity contribution in [1.29, 1.82) is 0 Å². The molecule has 0 saturated heterocycles. The fraction of sp³-hybridized carbons (Fsp3) is 0.158. The first kappa shape index (κ1) is 19.6. The maximum atomic E-state index is 11.1. The molecular weight excluding hydrogens is 430 g/mol. The molecule has 3 rings (SSSR count). The highest BCUT2D eigenvalue weighted by Crippen LogP contribution is 2.32. The van der Waals surface area contributed by atoms with Crippen molar-refractivity contribution < 1.29 is 24.0 Å². The topological polar surface area (TPSA) is 115 Å². The summed E-state index contributed by atoms with van der Waals surface area (Å²) in [7, 11) is 0. The molecule has 3 aromatic rings. The highest BCUT2D eigenvalue weighted by atomic mass is 79.9. The molecule has 28 heavy (non-hydrogen) atoms. The van der Waals surface area contributed by atoms with Crippen LogP contribution in [-0.2, 0) is 16.0 Å². The number of carboxylic acid groups (broad SMARTS) is 1. The second-order valence-electron chi connectivity index (χ2n) is 5.89. The Labute approximate surface area is 168 Å². The molecule has 0 radical (unpaired) electrons. The van der Waals surface area contributed by atoms with Crippen LogP contribution in [0.3, 0.4) is 0 Å². The number of benzene rings is 2. The largest absolute Gasteiger partial charge is 0.481 e. The number of nitrogens with zero attached hydrogens (tertiary/aromatic N) is 2. The third-order valence-electron chi connectivity index (χ3n) is 3.63. The monoisotopic (exact) mass is 445 g/mol. The van der Waals surface area contributed by atoms with Crippen LogP contribution in [0, 0.1) is 0 Å². The predicted octanol–water partition coefficient (Wildman–Crippen LogP) is 3.51. The van der Waals surface area contributed by atoms with Crippen LogP contribution >= 0.6 is 15.9 Å². The maximum Gasteiger partial charge on any atom is 0.341 e. The maximum absolute atomic E-state index is 11.1. The molecule has 9 heteroatoms. The van der Waals surface area contributed by atoms with E-state index in [1.165, 1.54) is 6.92 Å². The van der Waals surface area contributed by atoms with E-state index in [1.54, 1.807) is 30.3 Å². The summed E-state index contributed by atoms with van der Waals surface area (Å²) in [5.74, 6) is -0.188. The first-order valence-electron chi connectivity index (χ1n) is 8.24. The van der Waals surface area contributed by atoms with Crippen molar-refractivity contribution >= 4 is 33.5 Å². The molecule has 2 N–H and O–H groups in total. The van der Waals surface area contributed by atoms with E-state index in [4.69, 9.17) is 14.4 Å². The van der Waals surface area contributed by atoms with Crippen molar-refractivity contribution in [3.63, 3.8) is 0 Å². The highest BCUT2D eigenvalue weighted by molar-refractivity contribution is 9.10. The number of carbonyl (C=O) groups excluding carboxylic acids is 1. The van der Waals surface area contributed by atoms with E-state index < -0.39 is 12.6 Å². The van der Waals surface area contributed by atoms with Crippen LogP contribution in [0.1, 0.15) is 18.3 Å². The van der Waals surface area contributed by atoms with Crippen LogP contribution in [0.4, 0.5) is 5.69 Å². The lowest BCUT2D eigenvalue weighted by Crippen LogP contribution is -2.10. The van der Waals surface area contributed by atoms with Gasteiger partial charge in [-0.05, 0) is 35.9 Å². The van der Waals surface area contributed by atoms with Gasteiger partial charge in [-0.15, -0.1) is 0 Å². The van der Waals surface area contributed by atoms with Crippen molar-refractivity contribution in [2.75, 3.05) is 11.9 Å². The van der Waals surface area contributed by atoms with Gasteiger partial charge in [0.15, 0.2) is 12.4 Å². The van der Waals surface area contributed by atoms with Crippen molar-refractivity contribution in [1.82, 2.24) is 10.1 Å². The number of rotatable bonds is 7. The van der Waals surface area contributed by atoms with Crippen LogP contribution in [0.15, 0.2) is 51.5 Å². The number of ether oxygens (including phenoxy) is 1. The zero-order valence-corrected chi connectivity index (χ0v) is 16.4. The Morgan fingerprint density at radius 3 is 2.64 bits per heavy atom. The van der Waals surface area contributed by atoms with Crippen LogP contribution in [0.5, 0.6) is 5.75 Å². The molecule has 0 bridgehead atoms. The van der Waals surface area contributed by atoms with Crippen LogP contribution in [0.2, 0.25) is 0 Å². The van der Waals surface area contributed by atoms with Gasteiger partial charge in [0, 0.05) is 23.5 Å². The summed E-state index contributed by atoms with van der Waals surface area (Å²) >= 11 is 3.37. The summed E-state index contributed by atoms with van der Waals surface area (Å²) in [6, 6.07) is 12.4. The summed E-state index contributed by atoms with van der Waals surface area (Å²) in [6.45, 7) is 0.974. The van der Waals surface area contributed by atoms with E-state index >= 15 is 0 Å². The van der Waals surface area contributed by atoms with E-state index in [9.17, 15) is 9.59 Å². The molecule has 0 saturated carbocycles. The molecule has 1 heterocycles. The van der Waals surface area contributed by atoms with Crippen molar-refractivity contribution in [2.45, 2.75) is 13.3 Å². The van der Waals surface area contributed by atoms with Crippen LogP contribution in [0.25, 0.3) is 11.5 Å². The minimum absolute atomic E-state index is 0.134. The summed E-state index contributed by atoms with van der Waals surface area (Å²) < 4.78 is 11.4. The van der Waals surface area contributed by atoms with Gasteiger partial charge in [0.05, 0.1) is 5.56 Å². The summed E-state index contributed by atoms with van der Waals surface area (Å²) in [4.78, 5) is 26.2. The fourth-order valence-electron chi connectivity index (χ4n) is 2.46. The number of halogens is 1. The van der Waals surface area contributed by atoms with Gasteiger partial charge < -0.3 is 19.7 Å². The van der Waals surface area contributed by atoms with Gasteiger partial charge in [-0.3, -0.25) is 4.79 Å². The zero-order valence-electron chi connectivity index (χ0n) is 14.8. The second kappa shape index (κ2) is 8.66. The molecule has 0 aliphatic rings. The third kappa shape index (κ3) is 5.17. The molecule has 8 nitrogen and oxygen atoms in total. The third-order valence-corrected chi connectivity index (χ3v) is 4.12. The molecule has 0 aliphatic carbocycles. The summed E-state index contributed by atoms with van der Waals surface area (Å²) in [6.07, 6.45) is 0.434. The highest BCUT2D eigenvalue weighted by Gasteiger charge is 2.16. The zero-order chi connectivity index (χ0) is 20.1. The average molecular weight is 446 g/mol. The summed E-state index contributed by atoms with van der Waals surface area (Å²) in [5, 5.41) is 15.5. The van der Waals surface area contributed by atoms with Gasteiger partial charge in [0.25, 0.3) is 5.89 Å². The van der Waals surface area contributed by atoms with E-state index in [1.807, 2.05) is 12.1 Å². The van der Waals surface area contributed by atoms with Gasteiger partial charge in [0.1, 0.15) is 5.75 Å². The van der Waals surface area contributed by atoms with Gasteiger partial charge in [-0.1, -0.05) is 33.2 Å². The SMILES string of the molecule is CC(=O)Nc1ccc(Cc2noc(-c3cc(Br)ccc3OCC(=O)O)n2)cc1. The molecule has 0 fully saturated rings. The minimum Gasteiger partial charge on any atom is -0.481 e. The number of carbonyl (C=O) groups is 2. The lowest BCUT2D eigenvalue weighted by Gasteiger charge is -2.07. The number of hydrogen-bond acceptors (Lipinski definition) is 6. The molecule has 0 atom stereocenters. The Morgan fingerprint density at radius 1 is 1.21 bits per heavy atom. The quantitative estimate of drug-likeness (QED) is 0.571. The molecule has 0 spiro atoms. The number of aliphatic carboxylic acids is 1. The van der Waals surface area contributed by atoms with Crippen LogP contribution in [-0.4, -0.2) is 33.7 Å². The Balaban J connectivity index is 1.77. The molecule has 1 amide bonds. The molecule has 2 aromatic carbocycles. The average Bonchev–Trinajstić information content (AvgIpc) is 3.10. The van der Waals surface area contributed by atoms with Crippen LogP contribution < -0.4 is 10.1 Å². The number of amides is 1. The second-order valence-corrected chi connectivity index (χ2v) is 6.81. The molecule has 0 unspecified atom stereocenters. The normalized spacial score (nSPS) is 10.5. The van der Waals surface area contributed by atoms with Gasteiger partial charge >= 0.3 is 5.97 Å². The van der Waals surface area contributed by atoms with E-state index in [0.29, 0.717) is 29.2 Å². The lowest BCUT2D eigenvalue weighted by atomic mass is 10.1. The number of aromatic nitrogens is 2. The minimum atomic E-state index is -1.08. The van der Waals surface area contributed by atoms with Crippen molar-refractivity contribution in [2.24, 2.45) is 0 Å². The molecular formula is C19H16BrN3O5. The standard InChI is InChI=1S/C19H16BrN3O5/c1-11(24)21-14-5-2-12(3-6-14)8-17-22-19(28-23-17)15-9-13(20)4-7-16(15)27-10-18(25)26/h2-7,9H,8,10H2,1H3,(H,21,24)(H,25,26). The summed E-state index contributed by atoms with van der Waals surface area (Å²) in [5.41, 5.74) is 2.15. The Kier molecular flexibility index (Phi) is 6.05. The van der Waals surface area contributed by atoms with Gasteiger partial charge in [-0.2, -0.15) is 4.98 Å². The lowest BCUT2D eigenvalue weighted by molar-refractivity contribution is -0.139. The number of nitrogens with one attached hydrogen (secondary N) is 1. The number of hydrogen-bond donors (Lipinski definition) is 2. The molecule has 1 aromatic heterocycles. The van der Waals surface area contributed by atoms with Crippen molar-refractivity contribution in [3.8, 4) is 17.2 Å². The molecule has 144 valence electrons. The van der Waals surface area contributed by atoms with Gasteiger partial charge in [0.2, 0.25) is 5.91 Å². The van der Waals surface area contributed by atoms with E-state index in [2.05, 4.69) is 31.4 Å². The predicted molar refractivity (Wildman–Crippen MR) is 104 cm³/mol. The van der Waals surface area contributed by atoms with Crippen molar-refractivity contribution in [3.05, 3.63) is 58.3 Å². The van der Waals surface area contributed by atoms with E-state index in [-0.39, 0.29) is 11.8 Å². The Morgan fingerprint density at radius 2 is 1.96 bits per heavy atom. The Hall–Kier alpha value is -3.20. The van der Waals surface area contributed by atoms with Gasteiger partial charge in [-0.25, -0.2) is 4.79 Å². The molecule has 0 aliphatic heterocycles. The first-order chi connectivity index (χ1) is 13.4. The fourth-order valence-corrected chi connectivity index (χ4v) is 2.82. The van der Waals surface area contributed by atoms with E-state index in [0.717, 1.165) is 10.0 Å². The number of anilines is 1. The number of carboxylic acids is 1. The Bertz CT molecular complexity index is 1000. The smallest absolute Gasteiger partial charge is 0.341 e.